The summed E-state index contributed by atoms with van der Waals surface area (Å²) in [5.74, 6) is 0.428. The number of hydrogen-bond acceptors (Lipinski definition) is 1. The van der Waals surface area contributed by atoms with Crippen molar-refractivity contribution in [3.63, 3.8) is 0 Å². The van der Waals surface area contributed by atoms with Gasteiger partial charge in [-0.1, -0.05) is 122 Å². The number of benzene rings is 3. The van der Waals surface area contributed by atoms with Crippen LogP contribution in [0.1, 0.15) is 78.1 Å². The second-order valence-electron chi connectivity index (χ2n) is 14.7. The van der Waals surface area contributed by atoms with E-state index in [-0.39, 0.29) is 21.7 Å². The Kier molecular flexibility index (Phi) is 5.11. The highest BCUT2D eigenvalue weighted by molar-refractivity contribution is 5.90. The van der Waals surface area contributed by atoms with E-state index in [1.165, 1.54) is 44.8 Å². The number of aromatic nitrogens is 1. The maximum Gasteiger partial charge on any atom is 0.0535 e. The highest BCUT2D eigenvalue weighted by Gasteiger charge is 2.53. The molecule has 0 saturated carbocycles. The zero-order valence-corrected chi connectivity index (χ0v) is 25.3. The molecule has 0 spiro atoms. The average molecular weight is 527 g/mol. The van der Waals surface area contributed by atoms with Crippen molar-refractivity contribution in [2.24, 2.45) is 10.8 Å². The monoisotopic (exact) mass is 526 g/mol. The number of para-hydroxylation sites is 2. The van der Waals surface area contributed by atoms with Crippen molar-refractivity contribution < 1.29 is 0 Å². The molecule has 3 aliphatic rings. The molecule has 4 aromatic rings. The Morgan fingerprint density at radius 3 is 2.05 bits per heavy atom. The molecule has 0 fully saturated rings. The number of fused-ring (bicyclic) bond motifs is 6. The van der Waals surface area contributed by atoms with Gasteiger partial charge in [0.2, 0.25) is 0 Å². The minimum Gasteiger partial charge on any atom is -0.337 e. The predicted molar refractivity (Wildman–Crippen MR) is 170 cm³/mol. The first-order valence-electron chi connectivity index (χ1n) is 14.9. The molecule has 2 nitrogen and oxygen atoms in total. The first-order chi connectivity index (χ1) is 18.8. The molecule has 0 radical (unpaired) electrons. The molecule has 40 heavy (non-hydrogen) atoms. The van der Waals surface area contributed by atoms with E-state index in [2.05, 4.69) is 162 Å². The molecule has 0 saturated heterocycles. The molecule has 2 heteroatoms. The third-order valence-corrected chi connectivity index (χ3v) is 10.0. The minimum atomic E-state index is -0.0780. The fraction of sp³-hybridized carbons (Fsp3) is 0.368. The van der Waals surface area contributed by atoms with E-state index in [0.717, 1.165) is 0 Å². The number of nitrogens with zero attached hydrogens (tertiary/aromatic N) is 2. The molecule has 2 unspecified atom stereocenters. The zero-order valence-electron chi connectivity index (χ0n) is 25.3. The van der Waals surface area contributed by atoms with Crippen LogP contribution in [0.25, 0.3) is 16.6 Å². The fourth-order valence-electron chi connectivity index (χ4n) is 8.07. The summed E-state index contributed by atoms with van der Waals surface area (Å²) in [5.41, 5.74) is 9.48. The van der Waals surface area contributed by atoms with Gasteiger partial charge in [0.25, 0.3) is 0 Å². The Morgan fingerprint density at radius 2 is 1.25 bits per heavy atom. The molecular weight excluding hydrogens is 484 g/mol. The van der Waals surface area contributed by atoms with E-state index in [1.54, 1.807) is 0 Å². The summed E-state index contributed by atoms with van der Waals surface area (Å²) in [5, 5.41) is 1.36. The lowest BCUT2D eigenvalue weighted by atomic mass is 9.61. The van der Waals surface area contributed by atoms with Gasteiger partial charge in [-0.25, -0.2) is 0 Å². The molecule has 1 aliphatic heterocycles. The fourth-order valence-corrected chi connectivity index (χ4v) is 8.07. The summed E-state index contributed by atoms with van der Waals surface area (Å²) in [4.78, 5) is 2.65. The van der Waals surface area contributed by atoms with Crippen molar-refractivity contribution in [2.45, 2.75) is 78.2 Å². The molecule has 0 N–H and O–H groups in total. The first kappa shape index (κ1) is 25.4. The number of hydrogen-bond donors (Lipinski definition) is 0. The SMILES string of the molecule is CC1(C)C=CC(C)(C)c2c1c1ccccc1n2-c1cccc(N2c3ccccc3C3C2C(C)(C)C=CC3(C)C)c1. The average Bonchev–Trinajstić information content (AvgIpc) is 3.47. The Labute approximate surface area is 240 Å². The van der Waals surface area contributed by atoms with Gasteiger partial charge in [0, 0.05) is 50.3 Å². The summed E-state index contributed by atoms with van der Waals surface area (Å²) in [6, 6.07) is 27.7. The zero-order chi connectivity index (χ0) is 28.2. The van der Waals surface area contributed by atoms with Crippen LogP contribution in [0.15, 0.2) is 97.1 Å². The smallest absolute Gasteiger partial charge is 0.0535 e. The predicted octanol–water partition coefficient (Wildman–Crippen LogP) is 9.98. The van der Waals surface area contributed by atoms with Gasteiger partial charge >= 0.3 is 0 Å². The minimum absolute atomic E-state index is 0.0293. The van der Waals surface area contributed by atoms with Crippen LogP contribution in [-0.2, 0) is 10.8 Å². The Balaban J connectivity index is 1.48. The van der Waals surface area contributed by atoms with Crippen LogP contribution in [-0.4, -0.2) is 10.6 Å². The van der Waals surface area contributed by atoms with Crippen LogP contribution in [0.4, 0.5) is 11.4 Å². The maximum atomic E-state index is 2.65. The summed E-state index contributed by atoms with van der Waals surface area (Å²) in [6.45, 7) is 19.1. The molecule has 0 bridgehead atoms. The Hall–Kier alpha value is -3.52. The quantitative estimate of drug-likeness (QED) is 0.236. The van der Waals surface area contributed by atoms with Crippen LogP contribution < -0.4 is 4.90 Å². The Bertz CT molecular complexity index is 1720. The number of allylic oxidation sites excluding steroid dienone is 3. The highest BCUT2D eigenvalue weighted by Crippen LogP contribution is 2.60. The van der Waals surface area contributed by atoms with Crippen molar-refractivity contribution >= 4 is 22.3 Å². The van der Waals surface area contributed by atoms with Crippen molar-refractivity contribution in [2.75, 3.05) is 4.90 Å². The Morgan fingerprint density at radius 1 is 0.600 bits per heavy atom. The third kappa shape index (κ3) is 3.41. The van der Waals surface area contributed by atoms with Gasteiger partial charge in [-0.15, -0.1) is 0 Å². The summed E-state index contributed by atoms with van der Waals surface area (Å²) in [7, 11) is 0. The van der Waals surface area contributed by atoms with E-state index in [4.69, 9.17) is 0 Å². The normalized spacial score (nSPS) is 24.6. The summed E-state index contributed by atoms with van der Waals surface area (Å²) in [6.07, 6.45) is 9.74. The molecule has 2 aliphatic carbocycles. The lowest BCUT2D eigenvalue weighted by Gasteiger charge is -2.48. The van der Waals surface area contributed by atoms with E-state index >= 15 is 0 Å². The molecule has 204 valence electrons. The standard InChI is InChI=1S/C38H42N2/c1-35(2)20-22-37(5,6)33-31(35)27-16-9-11-18-29(27)39(33)25-14-13-15-26(24-25)40-30-19-12-10-17-28(30)32-34(40)38(7,8)23-21-36(32,3)4/h9-24,31,33H,1-8H3. The van der Waals surface area contributed by atoms with E-state index < -0.39 is 0 Å². The van der Waals surface area contributed by atoms with Gasteiger partial charge < -0.3 is 9.47 Å². The molecule has 3 aromatic carbocycles. The van der Waals surface area contributed by atoms with Gasteiger partial charge in [0.05, 0.1) is 11.6 Å². The summed E-state index contributed by atoms with van der Waals surface area (Å²) >= 11 is 0. The van der Waals surface area contributed by atoms with Crippen LogP contribution in [0.3, 0.4) is 0 Å². The van der Waals surface area contributed by atoms with E-state index in [9.17, 15) is 0 Å². The lowest BCUT2D eigenvalue weighted by Crippen LogP contribution is -2.48. The topological polar surface area (TPSA) is 8.17 Å². The van der Waals surface area contributed by atoms with E-state index in [0.29, 0.717) is 12.0 Å². The second-order valence-corrected chi connectivity index (χ2v) is 14.7. The molecule has 2 atom stereocenters. The third-order valence-electron chi connectivity index (χ3n) is 10.0. The van der Waals surface area contributed by atoms with Crippen molar-refractivity contribution in [3.8, 4) is 5.69 Å². The van der Waals surface area contributed by atoms with Gasteiger partial charge in [-0.05, 0) is 46.9 Å². The van der Waals surface area contributed by atoms with Gasteiger partial charge in [0.1, 0.15) is 0 Å². The molecule has 0 amide bonds. The van der Waals surface area contributed by atoms with Gasteiger partial charge in [-0.2, -0.15) is 0 Å². The maximum absolute atomic E-state index is 2.65. The van der Waals surface area contributed by atoms with Crippen molar-refractivity contribution in [1.29, 1.82) is 0 Å². The molecule has 7 rings (SSSR count). The van der Waals surface area contributed by atoms with Gasteiger partial charge in [-0.3, -0.25) is 0 Å². The van der Waals surface area contributed by atoms with Crippen molar-refractivity contribution in [3.05, 3.63) is 114 Å². The van der Waals surface area contributed by atoms with Crippen LogP contribution in [0, 0.1) is 10.8 Å². The van der Waals surface area contributed by atoms with Crippen LogP contribution in [0.2, 0.25) is 0 Å². The lowest BCUT2D eigenvalue weighted by molar-refractivity contribution is 0.221. The van der Waals surface area contributed by atoms with Gasteiger partial charge in [0.15, 0.2) is 0 Å². The number of rotatable bonds is 2. The second kappa shape index (κ2) is 8.03. The highest BCUT2D eigenvalue weighted by atomic mass is 15.2. The van der Waals surface area contributed by atoms with Crippen LogP contribution >= 0.6 is 0 Å². The van der Waals surface area contributed by atoms with E-state index in [1.807, 2.05) is 0 Å². The molecule has 2 heterocycles. The molecular formula is C38H42N2. The van der Waals surface area contributed by atoms with Crippen molar-refractivity contribution in [1.82, 2.24) is 4.57 Å². The van der Waals surface area contributed by atoms with Crippen LogP contribution in [0.5, 0.6) is 0 Å². The number of anilines is 2. The largest absolute Gasteiger partial charge is 0.337 e. The summed E-state index contributed by atoms with van der Waals surface area (Å²) < 4.78 is 2.55. The molecule has 1 aromatic heterocycles. The first-order valence-corrected chi connectivity index (χ1v) is 14.9.